The third-order valence-electron chi connectivity index (χ3n) is 4.41. The fourth-order valence-corrected chi connectivity index (χ4v) is 3.03. The van der Waals surface area contributed by atoms with E-state index in [0.29, 0.717) is 10.9 Å². The van der Waals surface area contributed by atoms with Crippen LogP contribution < -0.4 is 10.9 Å². The van der Waals surface area contributed by atoms with Crippen molar-refractivity contribution in [1.29, 1.82) is 0 Å². The van der Waals surface area contributed by atoms with E-state index in [1.165, 1.54) is 17.8 Å². The van der Waals surface area contributed by atoms with Crippen LogP contribution in [0.4, 0.5) is 0 Å². The van der Waals surface area contributed by atoms with E-state index in [0.717, 1.165) is 25.7 Å². The third kappa shape index (κ3) is 4.04. The maximum Gasteiger partial charge on any atom is 0.326 e. The van der Waals surface area contributed by atoms with Crippen LogP contribution in [-0.4, -0.2) is 33.6 Å². The predicted molar refractivity (Wildman–Crippen MR) is 92.0 cm³/mol. The number of aromatic nitrogens is 2. The molecular weight excluding hydrogens is 322 g/mol. The molecule has 0 radical (unpaired) electrons. The second kappa shape index (κ2) is 7.46. The molecule has 1 aromatic carbocycles. The molecule has 0 unspecified atom stereocenters. The normalized spacial score (nSPS) is 15.9. The maximum atomic E-state index is 12.3. The van der Waals surface area contributed by atoms with Crippen molar-refractivity contribution < 1.29 is 14.3 Å². The van der Waals surface area contributed by atoms with Crippen molar-refractivity contribution in [2.24, 2.45) is 0 Å². The topological polar surface area (TPSA) is 90.3 Å². The third-order valence-corrected chi connectivity index (χ3v) is 4.41. The van der Waals surface area contributed by atoms with Gasteiger partial charge in [-0.3, -0.25) is 19.0 Å². The van der Waals surface area contributed by atoms with E-state index in [-0.39, 0.29) is 24.1 Å². The number of hydrogen-bond donors (Lipinski definition) is 1. The van der Waals surface area contributed by atoms with Gasteiger partial charge in [-0.25, -0.2) is 4.98 Å². The van der Waals surface area contributed by atoms with Crippen LogP contribution in [0.5, 0.6) is 0 Å². The van der Waals surface area contributed by atoms with Crippen molar-refractivity contribution in [3.05, 3.63) is 40.9 Å². The molecule has 1 aliphatic carbocycles. The molecule has 1 amide bonds. The molecule has 1 saturated carbocycles. The smallest absolute Gasteiger partial charge is 0.326 e. The number of para-hydroxylation sites is 1. The van der Waals surface area contributed by atoms with Crippen molar-refractivity contribution in [3.63, 3.8) is 0 Å². The first-order valence-electron chi connectivity index (χ1n) is 8.48. The van der Waals surface area contributed by atoms with Gasteiger partial charge in [-0.15, -0.1) is 0 Å². The van der Waals surface area contributed by atoms with E-state index in [4.69, 9.17) is 4.74 Å². The lowest BCUT2D eigenvalue weighted by Crippen LogP contribution is -2.41. The summed E-state index contributed by atoms with van der Waals surface area (Å²) >= 11 is 0. The lowest BCUT2D eigenvalue weighted by atomic mass is 10.2. The summed E-state index contributed by atoms with van der Waals surface area (Å²) in [5.41, 5.74) is 0.257. The van der Waals surface area contributed by atoms with Gasteiger partial charge in [0.25, 0.3) is 11.5 Å². The molecule has 132 valence electrons. The molecule has 7 nitrogen and oxygen atoms in total. The van der Waals surface area contributed by atoms with Gasteiger partial charge in [0.2, 0.25) is 0 Å². The van der Waals surface area contributed by atoms with Gasteiger partial charge < -0.3 is 10.1 Å². The van der Waals surface area contributed by atoms with Gasteiger partial charge in [0, 0.05) is 6.04 Å². The summed E-state index contributed by atoms with van der Waals surface area (Å²) in [5, 5.41) is 3.32. The van der Waals surface area contributed by atoms with Crippen molar-refractivity contribution >= 4 is 22.8 Å². The highest BCUT2D eigenvalue weighted by Gasteiger charge is 2.23. The average Bonchev–Trinajstić information content (AvgIpc) is 3.10. The van der Waals surface area contributed by atoms with Gasteiger partial charge in [-0.2, -0.15) is 0 Å². The minimum absolute atomic E-state index is 0.168. The molecule has 1 fully saturated rings. The molecule has 0 aliphatic heterocycles. The molecule has 1 aliphatic rings. The number of benzene rings is 1. The largest absolute Gasteiger partial charge is 0.451 e. The zero-order chi connectivity index (χ0) is 17.8. The predicted octanol–water partition coefficient (Wildman–Crippen LogP) is 1.39. The monoisotopic (exact) mass is 343 g/mol. The van der Waals surface area contributed by atoms with Crippen molar-refractivity contribution in [3.8, 4) is 0 Å². The Balaban J connectivity index is 1.61. The number of nitrogens with zero attached hydrogens (tertiary/aromatic N) is 2. The molecule has 1 N–H and O–H groups in total. The van der Waals surface area contributed by atoms with Gasteiger partial charge in [0.05, 0.1) is 17.2 Å². The molecule has 25 heavy (non-hydrogen) atoms. The number of ether oxygens (including phenoxy) is 1. The molecule has 3 rings (SSSR count). The van der Waals surface area contributed by atoms with E-state index < -0.39 is 12.1 Å². The number of carbonyl (C=O) groups is 2. The summed E-state index contributed by atoms with van der Waals surface area (Å²) < 4.78 is 6.34. The number of nitrogens with one attached hydrogen (secondary N) is 1. The molecular formula is C18H21N3O4. The number of amides is 1. The van der Waals surface area contributed by atoms with E-state index in [1.54, 1.807) is 24.3 Å². The molecule has 1 aromatic heterocycles. The first-order chi connectivity index (χ1) is 12.0. The summed E-state index contributed by atoms with van der Waals surface area (Å²) in [6.45, 7) is 1.25. The number of rotatable bonds is 5. The Morgan fingerprint density at radius 1 is 1.32 bits per heavy atom. The van der Waals surface area contributed by atoms with Gasteiger partial charge in [0.1, 0.15) is 6.54 Å². The highest BCUT2D eigenvalue weighted by Crippen LogP contribution is 2.17. The van der Waals surface area contributed by atoms with E-state index in [2.05, 4.69) is 10.3 Å². The fourth-order valence-electron chi connectivity index (χ4n) is 3.03. The molecule has 0 saturated heterocycles. The summed E-state index contributed by atoms with van der Waals surface area (Å²) in [6, 6.07) is 7.08. The van der Waals surface area contributed by atoms with Crippen LogP contribution in [0.15, 0.2) is 35.4 Å². The summed E-state index contributed by atoms with van der Waals surface area (Å²) in [6.07, 6.45) is 4.57. The molecule has 1 heterocycles. The summed E-state index contributed by atoms with van der Waals surface area (Å²) in [7, 11) is 0. The Bertz CT molecular complexity index is 840. The summed E-state index contributed by atoms with van der Waals surface area (Å²) in [5.74, 6) is -0.947. The van der Waals surface area contributed by atoms with Crippen molar-refractivity contribution in [2.75, 3.05) is 0 Å². The zero-order valence-electron chi connectivity index (χ0n) is 14.1. The van der Waals surface area contributed by atoms with Crippen LogP contribution in [0.2, 0.25) is 0 Å². The SMILES string of the molecule is C[C@@H](OC(=O)Cn1cnc2ccccc2c1=O)C(=O)NC1CCCC1. The Morgan fingerprint density at radius 3 is 2.80 bits per heavy atom. The molecule has 0 spiro atoms. The second-order valence-corrected chi connectivity index (χ2v) is 6.32. The highest BCUT2D eigenvalue weighted by atomic mass is 16.5. The van der Waals surface area contributed by atoms with Crippen LogP contribution >= 0.6 is 0 Å². The van der Waals surface area contributed by atoms with Crippen LogP contribution in [0.3, 0.4) is 0 Å². The van der Waals surface area contributed by atoms with Crippen LogP contribution in [-0.2, 0) is 20.9 Å². The van der Waals surface area contributed by atoms with Gasteiger partial charge in [-0.1, -0.05) is 25.0 Å². The van der Waals surface area contributed by atoms with Gasteiger partial charge >= 0.3 is 5.97 Å². The van der Waals surface area contributed by atoms with E-state index >= 15 is 0 Å². The average molecular weight is 343 g/mol. The molecule has 1 atom stereocenters. The Kier molecular flexibility index (Phi) is 5.11. The summed E-state index contributed by atoms with van der Waals surface area (Å²) in [4.78, 5) is 40.6. The fraction of sp³-hybridized carbons (Fsp3) is 0.444. The van der Waals surface area contributed by atoms with Crippen LogP contribution in [0, 0.1) is 0 Å². The van der Waals surface area contributed by atoms with E-state index in [1.807, 2.05) is 0 Å². The van der Waals surface area contributed by atoms with Crippen molar-refractivity contribution in [1.82, 2.24) is 14.9 Å². The Hall–Kier alpha value is -2.70. The zero-order valence-corrected chi connectivity index (χ0v) is 14.1. The number of carbonyl (C=O) groups excluding carboxylic acids is 2. The lowest BCUT2D eigenvalue weighted by molar-refractivity contribution is -0.155. The quantitative estimate of drug-likeness (QED) is 0.829. The number of fused-ring (bicyclic) bond motifs is 1. The second-order valence-electron chi connectivity index (χ2n) is 6.32. The minimum atomic E-state index is -0.891. The number of esters is 1. The Labute approximate surface area is 145 Å². The number of hydrogen-bond acceptors (Lipinski definition) is 5. The van der Waals surface area contributed by atoms with Crippen molar-refractivity contribution in [2.45, 2.75) is 51.3 Å². The highest BCUT2D eigenvalue weighted by molar-refractivity contribution is 5.83. The van der Waals surface area contributed by atoms with Gasteiger partial charge in [-0.05, 0) is 31.9 Å². The van der Waals surface area contributed by atoms with E-state index in [9.17, 15) is 14.4 Å². The molecule has 0 bridgehead atoms. The van der Waals surface area contributed by atoms with Crippen LogP contribution in [0.1, 0.15) is 32.6 Å². The first-order valence-corrected chi connectivity index (χ1v) is 8.48. The van der Waals surface area contributed by atoms with Crippen LogP contribution in [0.25, 0.3) is 10.9 Å². The first kappa shape index (κ1) is 17.1. The molecule has 2 aromatic rings. The lowest BCUT2D eigenvalue weighted by Gasteiger charge is -2.17. The standard InChI is InChI=1S/C18H21N3O4/c1-12(17(23)20-13-6-2-3-7-13)25-16(22)10-21-11-19-15-9-5-4-8-14(15)18(21)24/h4-5,8-9,11-13H,2-3,6-7,10H2,1H3,(H,20,23)/t12-/m1/s1. The van der Waals surface area contributed by atoms with Gasteiger partial charge in [0.15, 0.2) is 6.10 Å². The minimum Gasteiger partial charge on any atom is -0.451 e. The molecule has 7 heteroatoms. The Morgan fingerprint density at radius 2 is 2.04 bits per heavy atom. The maximum absolute atomic E-state index is 12.3.